The molecule has 0 aliphatic carbocycles. The standard InChI is InChI=1S/C13H24N2/c1-2-4-6-8-10-12-14-15-13-11-9-7-5-3-1/h6,8,11,13-15H,1-5,7,9-10,12H2. The molecule has 15 heavy (non-hydrogen) atoms. The first-order chi connectivity index (χ1) is 7.50. The molecular weight excluding hydrogens is 184 g/mol. The van der Waals surface area contributed by atoms with Crippen LogP contribution in [0.4, 0.5) is 0 Å². The van der Waals surface area contributed by atoms with Gasteiger partial charge in [0.25, 0.3) is 0 Å². The first kappa shape index (κ1) is 12.3. The van der Waals surface area contributed by atoms with Gasteiger partial charge in [0, 0.05) is 12.7 Å². The zero-order valence-electron chi connectivity index (χ0n) is 9.67. The number of hydrazine groups is 1. The van der Waals surface area contributed by atoms with E-state index in [0.29, 0.717) is 0 Å². The topological polar surface area (TPSA) is 24.1 Å². The van der Waals surface area contributed by atoms with Gasteiger partial charge in [0.2, 0.25) is 0 Å². The third-order valence-electron chi connectivity index (χ3n) is 2.65. The maximum absolute atomic E-state index is 3.17. The molecule has 0 saturated carbocycles. The van der Waals surface area contributed by atoms with Crippen LogP contribution >= 0.6 is 0 Å². The van der Waals surface area contributed by atoms with Gasteiger partial charge >= 0.3 is 0 Å². The summed E-state index contributed by atoms with van der Waals surface area (Å²) in [4.78, 5) is 0. The van der Waals surface area contributed by atoms with Crippen molar-refractivity contribution in [1.29, 1.82) is 0 Å². The van der Waals surface area contributed by atoms with Crippen LogP contribution in [0.1, 0.15) is 51.4 Å². The Morgan fingerprint density at radius 2 is 1.33 bits per heavy atom. The molecule has 1 rings (SSSR count). The van der Waals surface area contributed by atoms with E-state index in [1.807, 2.05) is 6.20 Å². The van der Waals surface area contributed by atoms with Gasteiger partial charge in [0.15, 0.2) is 0 Å². The van der Waals surface area contributed by atoms with E-state index in [4.69, 9.17) is 0 Å². The van der Waals surface area contributed by atoms with Crippen LogP contribution in [0.5, 0.6) is 0 Å². The lowest BCUT2D eigenvalue weighted by Gasteiger charge is -2.00. The smallest absolute Gasteiger partial charge is 0.0182 e. The molecule has 0 amide bonds. The molecule has 0 fully saturated rings. The van der Waals surface area contributed by atoms with E-state index in [0.717, 1.165) is 13.0 Å². The van der Waals surface area contributed by atoms with Crippen LogP contribution in [-0.2, 0) is 0 Å². The maximum Gasteiger partial charge on any atom is 0.0182 e. The van der Waals surface area contributed by atoms with E-state index in [1.54, 1.807) is 0 Å². The summed E-state index contributed by atoms with van der Waals surface area (Å²) in [6.07, 6.45) is 19.2. The van der Waals surface area contributed by atoms with Crippen LogP contribution in [0, 0.1) is 0 Å². The number of allylic oxidation sites excluding steroid dienone is 2. The average molecular weight is 208 g/mol. The molecule has 0 aromatic rings. The second-order valence-electron chi connectivity index (χ2n) is 4.08. The van der Waals surface area contributed by atoms with Gasteiger partial charge < -0.3 is 5.43 Å². The lowest BCUT2D eigenvalue weighted by molar-refractivity contribution is 0.619. The van der Waals surface area contributed by atoms with Gasteiger partial charge in [-0.3, -0.25) is 0 Å². The fourth-order valence-corrected chi connectivity index (χ4v) is 1.72. The molecule has 2 nitrogen and oxygen atoms in total. The van der Waals surface area contributed by atoms with Crippen LogP contribution in [0.15, 0.2) is 24.4 Å². The Morgan fingerprint density at radius 1 is 0.667 bits per heavy atom. The van der Waals surface area contributed by atoms with E-state index < -0.39 is 0 Å². The first-order valence-corrected chi connectivity index (χ1v) is 6.28. The SMILES string of the molecule is C1=CCCNNC=CCCCCCCC1. The van der Waals surface area contributed by atoms with E-state index in [1.165, 1.54) is 44.9 Å². The Hall–Kier alpha value is -0.760. The summed E-state index contributed by atoms with van der Waals surface area (Å²) in [5, 5.41) is 0. The lowest BCUT2D eigenvalue weighted by atomic mass is 10.1. The molecule has 0 aromatic carbocycles. The highest BCUT2D eigenvalue weighted by molar-refractivity contribution is 4.83. The zero-order valence-corrected chi connectivity index (χ0v) is 9.67. The van der Waals surface area contributed by atoms with Crippen molar-refractivity contribution in [2.45, 2.75) is 51.4 Å². The Morgan fingerprint density at radius 3 is 2.20 bits per heavy atom. The first-order valence-electron chi connectivity index (χ1n) is 6.28. The molecule has 0 aromatic heterocycles. The molecule has 0 radical (unpaired) electrons. The van der Waals surface area contributed by atoms with Crippen LogP contribution in [0.2, 0.25) is 0 Å². The Labute approximate surface area is 93.8 Å². The molecule has 2 heteroatoms. The summed E-state index contributed by atoms with van der Waals surface area (Å²) < 4.78 is 0. The van der Waals surface area contributed by atoms with Crippen molar-refractivity contribution >= 4 is 0 Å². The number of hydrogen-bond donors (Lipinski definition) is 2. The molecule has 86 valence electrons. The molecule has 1 aliphatic rings. The van der Waals surface area contributed by atoms with Crippen molar-refractivity contribution in [3.05, 3.63) is 24.4 Å². The summed E-state index contributed by atoms with van der Waals surface area (Å²) in [5.74, 6) is 0. The normalized spacial score (nSPS) is 21.3. The predicted molar refractivity (Wildman–Crippen MR) is 66.4 cm³/mol. The van der Waals surface area contributed by atoms with Crippen molar-refractivity contribution in [1.82, 2.24) is 10.9 Å². The van der Waals surface area contributed by atoms with Gasteiger partial charge in [-0.2, -0.15) is 0 Å². The third-order valence-corrected chi connectivity index (χ3v) is 2.65. The molecule has 1 heterocycles. The maximum atomic E-state index is 3.17. The zero-order chi connectivity index (χ0) is 10.6. The second-order valence-corrected chi connectivity index (χ2v) is 4.08. The Bertz CT molecular complexity index is 165. The number of rotatable bonds is 0. The van der Waals surface area contributed by atoms with Gasteiger partial charge in [0.1, 0.15) is 0 Å². The molecule has 0 spiro atoms. The molecule has 0 unspecified atom stereocenters. The van der Waals surface area contributed by atoms with Crippen molar-refractivity contribution in [3.8, 4) is 0 Å². The fourth-order valence-electron chi connectivity index (χ4n) is 1.72. The van der Waals surface area contributed by atoms with E-state index >= 15 is 0 Å². The van der Waals surface area contributed by atoms with Crippen molar-refractivity contribution in [2.24, 2.45) is 0 Å². The molecular formula is C13H24N2. The van der Waals surface area contributed by atoms with Gasteiger partial charge in [-0.15, -0.1) is 0 Å². The van der Waals surface area contributed by atoms with E-state index in [-0.39, 0.29) is 0 Å². The minimum atomic E-state index is 1.00. The van der Waals surface area contributed by atoms with E-state index in [9.17, 15) is 0 Å². The monoisotopic (exact) mass is 208 g/mol. The highest BCUT2D eigenvalue weighted by Gasteiger charge is 1.89. The summed E-state index contributed by atoms with van der Waals surface area (Å²) in [6, 6.07) is 0. The van der Waals surface area contributed by atoms with Crippen LogP contribution in [0.3, 0.4) is 0 Å². The highest BCUT2D eigenvalue weighted by Crippen LogP contribution is 2.08. The summed E-state index contributed by atoms with van der Waals surface area (Å²) in [6.45, 7) is 1.00. The van der Waals surface area contributed by atoms with Gasteiger partial charge in [-0.25, -0.2) is 5.43 Å². The third kappa shape index (κ3) is 8.25. The molecule has 0 atom stereocenters. The summed E-state index contributed by atoms with van der Waals surface area (Å²) in [5.41, 5.74) is 6.26. The molecule has 0 bridgehead atoms. The number of nitrogens with one attached hydrogen (secondary N) is 2. The summed E-state index contributed by atoms with van der Waals surface area (Å²) >= 11 is 0. The van der Waals surface area contributed by atoms with E-state index in [2.05, 4.69) is 29.1 Å². The Kier molecular flexibility index (Phi) is 8.03. The molecule has 2 N–H and O–H groups in total. The number of hydrogen-bond acceptors (Lipinski definition) is 2. The minimum Gasteiger partial charge on any atom is -0.329 e. The second kappa shape index (κ2) is 9.78. The van der Waals surface area contributed by atoms with Crippen LogP contribution < -0.4 is 10.9 Å². The average Bonchev–Trinajstić information content (AvgIpc) is 2.27. The van der Waals surface area contributed by atoms with Crippen molar-refractivity contribution in [2.75, 3.05) is 6.54 Å². The predicted octanol–water partition coefficient (Wildman–Crippen LogP) is 3.28. The van der Waals surface area contributed by atoms with Crippen molar-refractivity contribution in [3.63, 3.8) is 0 Å². The lowest BCUT2D eigenvalue weighted by Crippen LogP contribution is -2.27. The highest BCUT2D eigenvalue weighted by atomic mass is 15.3. The van der Waals surface area contributed by atoms with Gasteiger partial charge in [-0.05, 0) is 32.1 Å². The van der Waals surface area contributed by atoms with Crippen LogP contribution in [-0.4, -0.2) is 6.54 Å². The quantitative estimate of drug-likeness (QED) is 0.597. The van der Waals surface area contributed by atoms with Gasteiger partial charge in [-0.1, -0.05) is 37.5 Å². The Balaban J connectivity index is 2.15. The largest absolute Gasteiger partial charge is 0.329 e. The van der Waals surface area contributed by atoms with Crippen molar-refractivity contribution < 1.29 is 0 Å². The molecule has 0 saturated heterocycles. The fraction of sp³-hybridized carbons (Fsp3) is 0.692. The van der Waals surface area contributed by atoms with Gasteiger partial charge in [0.05, 0.1) is 0 Å². The summed E-state index contributed by atoms with van der Waals surface area (Å²) in [7, 11) is 0. The van der Waals surface area contributed by atoms with Crippen LogP contribution in [0.25, 0.3) is 0 Å². The molecule has 1 aliphatic heterocycles. The minimum absolute atomic E-state index is 1.00.